The largest absolute Gasteiger partial charge is 0.367 e. The lowest BCUT2D eigenvalue weighted by Gasteiger charge is -2.24. The highest BCUT2D eigenvalue weighted by Crippen LogP contribution is 2.46. The normalized spacial score (nSPS) is 32.8. The number of nitrogens with one attached hydrogen (secondary N) is 1. The number of hydrogen-bond acceptors (Lipinski definition) is 3. The summed E-state index contributed by atoms with van der Waals surface area (Å²) in [7, 11) is 0. The van der Waals surface area contributed by atoms with Crippen LogP contribution in [0.5, 0.6) is 0 Å². The molecule has 0 radical (unpaired) electrons. The lowest BCUT2D eigenvalue weighted by molar-refractivity contribution is 0.438. The Bertz CT molecular complexity index is 512. The van der Waals surface area contributed by atoms with Gasteiger partial charge in [-0.25, -0.2) is 9.97 Å². The van der Waals surface area contributed by atoms with Crippen molar-refractivity contribution in [3.05, 3.63) is 16.5 Å². The molecule has 1 heterocycles. The lowest BCUT2D eigenvalue weighted by atomic mass is 9.95. The van der Waals surface area contributed by atoms with Gasteiger partial charge >= 0.3 is 0 Å². The van der Waals surface area contributed by atoms with Crippen molar-refractivity contribution in [3.8, 4) is 0 Å². The van der Waals surface area contributed by atoms with Crippen LogP contribution in [-0.2, 0) is 0 Å². The van der Waals surface area contributed by atoms with E-state index in [1.165, 1.54) is 38.5 Å². The van der Waals surface area contributed by atoms with Gasteiger partial charge in [-0.2, -0.15) is 0 Å². The summed E-state index contributed by atoms with van der Waals surface area (Å²) >= 11 is 6.26. The van der Waals surface area contributed by atoms with E-state index in [-0.39, 0.29) is 0 Å². The van der Waals surface area contributed by atoms with Crippen LogP contribution in [0, 0.1) is 18.8 Å². The zero-order valence-corrected chi connectivity index (χ0v) is 12.1. The van der Waals surface area contributed by atoms with Crippen LogP contribution in [0.2, 0.25) is 5.15 Å². The Kier molecular flexibility index (Phi) is 2.73. The first-order chi connectivity index (χ1) is 9.20. The first-order valence-corrected chi connectivity index (χ1v) is 7.89. The predicted octanol–water partition coefficient (Wildman–Crippen LogP) is 3.92. The number of anilines is 1. The molecule has 4 heteroatoms. The maximum Gasteiger partial charge on any atom is 0.137 e. The zero-order valence-electron chi connectivity index (χ0n) is 11.3. The third-order valence-electron chi connectivity index (χ3n) is 5.11. The van der Waals surface area contributed by atoms with E-state index in [2.05, 4.69) is 10.3 Å². The third-order valence-corrected chi connectivity index (χ3v) is 5.47. The van der Waals surface area contributed by atoms with Crippen LogP contribution in [0.15, 0.2) is 0 Å². The number of hydrogen-bond donors (Lipinski definition) is 1. The molecule has 0 aromatic carbocycles. The number of nitrogens with zero attached hydrogens (tertiary/aromatic N) is 2. The quantitative estimate of drug-likeness (QED) is 0.851. The average Bonchev–Trinajstić information content (AvgIpc) is 3.05. The summed E-state index contributed by atoms with van der Waals surface area (Å²) in [5.41, 5.74) is 1.01. The Labute approximate surface area is 119 Å². The topological polar surface area (TPSA) is 37.8 Å². The van der Waals surface area contributed by atoms with Gasteiger partial charge in [-0.1, -0.05) is 18.0 Å². The number of aromatic nitrogens is 2. The first kappa shape index (κ1) is 12.0. The van der Waals surface area contributed by atoms with Gasteiger partial charge in [-0.15, -0.1) is 0 Å². The average molecular weight is 278 g/mol. The molecular formula is C15H20ClN3. The van der Waals surface area contributed by atoms with Gasteiger partial charge in [0.2, 0.25) is 0 Å². The van der Waals surface area contributed by atoms with Crippen molar-refractivity contribution >= 4 is 17.4 Å². The van der Waals surface area contributed by atoms with Gasteiger partial charge < -0.3 is 5.32 Å². The highest BCUT2D eigenvalue weighted by Gasteiger charge is 2.40. The van der Waals surface area contributed by atoms with Crippen LogP contribution in [-0.4, -0.2) is 16.0 Å². The second kappa shape index (κ2) is 4.34. The van der Waals surface area contributed by atoms with Gasteiger partial charge in [0.25, 0.3) is 0 Å². The van der Waals surface area contributed by atoms with Crippen molar-refractivity contribution in [1.29, 1.82) is 0 Å². The summed E-state index contributed by atoms with van der Waals surface area (Å²) in [6.07, 6.45) is 7.96. The number of halogens is 1. The molecule has 0 saturated heterocycles. The fourth-order valence-electron chi connectivity index (χ4n) is 3.77. The molecule has 3 aliphatic rings. The van der Waals surface area contributed by atoms with Crippen LogP contribution >= 0.6 is 11.6 Å². The summed E-state index contributed by atoms with van der Waals surface area (Å²) in [4.78, 5) is 9.17. The van der Waals surface area contributed by atoms with Gasteiger partial charge in [0.15, 0.2) is 0 Å². The van der Waals surface area contributed by atoms with E-state index in [1.54, 1.807) is 0 Å². The van der Waals surface area contributed by atoms with Crippen molar-refractivity contribution in [2.24, 2.45) is 11.8 Å². The van der Waals surface area contributed by atoms with Crippen LogP contribution in [0.1, 0.15) is 55.8 Å². The molecule has 102 valence electrons. The van der Waals surface area contributed by atoms with Crippen molar-refractivity contribution in [1.82, 2.24) is 9.97 Å². The Hall–Kier alpha value is -0.830. The standard InChI is InChI=1S/C15H20ClN3/c1-8-13(16)18-15(10-4-5-10)19-14(8)17-12-7-9-2-3-11(12)6-9/h9-12H,2-7H2,1H3,(H,17,18,19). The van der Waals surface area contributed by atoms with E-state index in [9.17, 15) is 0 Å². The minimum absolute atomic E-state index is 0.554. The van der Waals surface area contributed by atoms with Crippen molar-refractivity contribution < 1.29 is 0 Å². The third kappa shape index (κ3) is 2.12. The van der Waals surface area contributed by atoms with Crippen LogP contribution in [0.25, 0.3) is 0 Å². The SMILES string of the molecule is Cc1c(Cl)nc(C2CC2)nc1NC1CC2CCC1C2. The summed E-state index contributed by atoms with van der Waals surface area (Å²) in [5, 5.41) is 4.30. The zero-order chi connectivity index (χ0) is 13.0. The molecule has 0 spiro atoms. The van der Waals surface area contributed by atoms with Crippen molar-refractivity contribution in [2.45, 2.75) is 57.4 Å². The summed E-state index contributed by atoms with van der Waals surface area (Å²) < 4.78 is 0. The maximum atomic E-state index is 6.26. The molecule has 3 fully saturated rings. The minimum Gasteiger partial charge on any atom is -0.367 e. The van der Waals surface area contributed by atoms with Gasteiger partial charge in [0.05, 0.1) is 0 Å². The Morgan fingerprint density at radius 1 is 1.11 bits per heavy atom. The molecule has 19 heavy (non-hydrogen) atoms. The highest BCUT2D eigenvalue weighted by atomic mass is 35.5. The minimum atomic E-state index is 0.554. The molecule has 1 aromatic rings. The predicted molar refractivity (Wildman–Crippen MR) is 76.6 cm³/mol. The second-order valence-electron chi connectivity index (χ2n) is 6.55. The molecule has 3 atom stereocenters. The molecule has 3 saturated carbocycles. The highest BCUT2D eigenvalue weighted by molar-refractivity contribution is 6.30. The molecule has 1 aromatic heterocycles. The van der Waals surface area contributed by atoms with E-state index in [0.717, 1.165) is 29.0 Å². The van der Waals surface area contributed by atoms with Crippen LogP contribution in [0.4, 0.5) is 5.82 Å². The van der Waals surface area contributed by atoms with Gasteiger partial charge in [0.1, 0.15) is 16.8 Å². The maximum absolute atomic E-state index is 6.26. The van der Waals surface area contributed by atoms with E-state index < -0.39 is 0 Å². The van der Waals surface area contributed by atoms with Gasteiger partial charge in [-0.05, 0) is 50.9 Å². The Morgan fingerprint density at radius 2 is 1.95 bits per heavy atom. The molecule has 0 aliphatic heterocycles. The molecule has 3 aliphatic carbocycles. The van der Waals surface area contributed by atoms with E-state index >= 15 is 0 Å². The van der Waals surface area contributed by atoms with E-state index in [0.29, 0.717) is 17.1 Å². The number of fused-ring (bicyclic) bond motifs is 2. The molecular weight excluding hydrogens is 258 g/mol. The van der Waals surface area contributed by atoms with Crippen molar-refractivity contribution in [2.75, 3.05) is 5.32 Å². The molecule has 2 bridgehead atoms. The second-order valence-corrected chi connectivity index (χ2v) is 6.90. The van der Waals surface area contributed by atoms with Gasteiger partial charge in [-0.3, -0.25) is 0 Å². The Balaban J connectivity index is 1.59. The molecule has 0 amide bonds. The Morgan fingerprint density at radius 3 is 2.58 bits per heavy atom. The molecule has 4 rings (SSSR count). The van der Waals surface area contributed by atoms with Crippen molar-refractivity contribution in [3.63, 3.8) is 0 Å². The molecule has 3 nitrogen and oxygen atoms in total. The fourth-order valence-corrected chi connectivity index (χ4v) is 3.94. The summed E-state index contributed by atoms with van der Waals surface area (Å²) in [6, 6.07) is 0.607. The summed E-state index contributed by atoms with van der Waals surface area (Å²) in [6.45, 7) is 2.02. The van der Waals surface area contributed by atoms with E-state index in [4.69, 9.17) is 16.6 Å². The lowest BCUT2D eigenvalue weighted by Crippen LogP contribution is -2.27. The van der Waals surface area contributed by atoms with Crippen LogP contribution < -0.4 is 5.32 Å². The molecule has 1 N–H and O–H groups in total. The van der Waals surface area contributed by atoms with Gasteiger partial charge in [0, 0.05) is 17.5 Å². The monoisotopic (exact) mass is 277 g/mol. The fraction of sp³-hybridized carbons (Fsp3) is 0.733. The first-order valence-electron chi connectivity index (χ1n) is 7.51. The summed E-state index contributed by atoms with van der Waals surface area (Å²) in [5.74, 6) is 4.28. The van der Waals surface area contributed by atoms with E-state index in [1.807, 2.05) is 6.92 Å². The number of rotatable bonds is 3. The smallest absolute Gasteiger partial charge is 0.137 e. The molecule has 3 unspecified atom stereocenters. The van der Waals surface area contributed by atoms with Crippen LogP contribution in [0.3, 0.4) is 0 Å².